The Morgan fingerprint density at radius 2 is 1.43 bits per heavy atom. The van der Waals surface area contributed by atoms with Crippen molar-refractivity contribution in [2.75, 3.05) is 11.8 Å². The molecule has 0 spiro atoms. The van der Waals surface area contributed by atoms with Gasteiger partial charge in [-0.3, -0.25) is 0 Å². The molecule has 0 nitrogen and oxygen atoms in total. The van der Waals surface area contributed by atoms with Crippen LogP contribution in [0.15, 0.2) is 0 Å². The van der Waals surface area contributed by atoms with Gasteiger partial charge < -0.3 is 0 Å². The van der Waals surface area contributed by atoms with Crippen molar-refractivity contribution in [2.45, 2.75) is 58.3 Å². The fraction of sp³-hybridized carbons (Fsp3) is 1.00. The molecule has 2 heteroatoms. The lowest BCUT2D eigenvalue weighted by molar-refractivity contribution is 0.476. The minimum absolute atomic E-state index is 0.750. The van der Waals surface area contributed by atoms with Crippen LogP contribution in [0.3, 0.4) is 0 Å². The summed E-state index contributed by atoms with van der Waals surface area (Å²) in [5, 5.41) is 0. The molecule has 0 rings (SSSR count). The van der Waals surface area contributed by atoms with Crippen molar-refractivity contribution in [3.05, 3.63) is 0 Å². The fourth-order valence-electron chi connectivity index (χ4n) is 1.62. The van der Waals surface area contributed by atoms with Crippen LogP contribution in [0.4, 0.5) is 0 Å². The molecule has 0 fully saturated rings. The largest absolute Gasteiger partial charge is 0.127 e. The third-order valence-electron chi connectivity index (χ3n) is 2.79. The molecule has 0 aliphatic rings. The standard InChI is InChI=1S/C12H24Cl2/c1-2-12(11-14)9-7-5-3-4-6-8-10-13/h12H,2-11H2,1H3. The lowest BCUT2D eigenvalue weighted by atomic mass is 10.00. The first-order chi connectivity index (χ1) is 6.85. The molecule has 0 aliphatic heterocycles. The third-order valence-corrected chi connectivity index (χ3v) is 3.50. The molecule has 0 amide bonds. The molecule has 0 saturated carbocycles. The quantitative estimate of drug-likeness (QED) is 0.362. The number of halogens is 2. The van der Waals surface area contributed by atoms with Gasteiger partial charge in [0.2, 0.25) is 0 Å². The van der Waals surface area contributed by atoms with Crippen molar-refractivity contribution >= 4 is 23.2 Å². The zero-order valence-corrected chi connectivity index (χ0v) is 10.9. The van der Waals surface area contributed by atoms with E-state index in [0.717, 1.165) is 17.7 Å². The summed E-state index contributed by atoms with van der Waals surface area (Å²) >= 11 is 11.4. The van der Waals surface area contributed by atoms with Gasteiger partial charge in [-0.1, -0.05) is 45.4 Å². The molecule has 0 N–H and O–H groups in total. The molecule has 86 valence electrons. The average molecular weight is 239 g/mol. The van der Waals surface area contributed by atoms with Gasteiger partial charge in [0.15, 0.2) is 0 Å². The molecule has 0 bridgehead atoms. The SMILES string of the molecule is CCC(CCl)CCCCCCCCCl. The number of unbranched alkanes of at least 4 members (excludes halogenated alkanes) is 5. The highest BCUT2D eigenvalue weighted by atomic mass is 35.5. The van der Waals surface area contributed by atoms with E-state index >= 15 is 0 Å². The highest BCUT2D eigenvalue weighted by molar-refractivity contribution is 6.18. The van der Waals surface area contributed by atoms with Crippen LogP contribution in [-0.2, 0) is 0 Å². The van der Waals surface area contributed by atoms with E-state index in [1.54, 1.807) is 0 Å². The zero-order chi connectivity index (χ0) is 10.6. The van der Waals surface area contributed by atoms with E-state index in [0.29, 0.717) is 0 Å². The van der Waals surface area contributed by atoms with Crippen LogP contribution in [0.5, 0.6) is 0 Å². The van der Waals surface area contributed by atoms with Crippen LogP contribution in [0.1, 0.15) is 58.3 Å². The molecule has 0 aromatic heterocycles. The van der Waals surface area contributed by atoms with Crippen molar-refractivity contribution < 1.29 is 0 Å². The Morgan fingerprint density at radius 1 is 0.857 bits per heavy atom. The van der Waals surface area contributed by atoms with E-state index in [1.807, 2.05) is 0 Å². The maximum Gasteiger partial charge on any atom is 0.0251 e. The monoisotopic (exact) mass is 238 g/mol. The predicted molar refractivity (Wildman–Crippen MR) is 67.5 cm³/mol. The highest BCUT2D eigenvalue weighted by Gasteiger charge is 2.03. The summed E-state index contributed by atoms with van der Waals surface area (Å²) in [6.07, 6.45) is 10.5. The number of hydrogen-bond acceptors (Lipinski definition) is 0. The Morgan fingerprint density at radius 3 is 1.93 bits per heavy atom. The fourth-order valence-corrected chi connectivity index (χ4v) is 2.19. The first-order valence-corrected chi connectivity index (χ1v) is 7.04. The van der Waals surface area contributed by atoms with Crippen LogP contribution < -0.4 is 0 Å². The lowest BCUT2D eigenvalue weighted by Gasteiger charge is -2.09. The van der Waals surface area contributed by atoms with Crippen molar-refractivity contribution in [1.82, 2.24) is 0 Å². The van der Waals surface area contributed by atoms with Gasteiger partial charge in [-0.05, 0) is 18.8 Å². The molecular formula is C12H24Cl2. The van der Waals surface area contributed by atoms with Crippen LogP contribution in [-0.4, -0.2) is 11.8 Å². The van der Waals surface area contributed by atoms with E-state index < -0.39 is 0 Å². The maximum atomic E-state index is 5.83. The third kappa shape index (κ3) is 9.15. The molecule has 0 saturated heterocycles. The first-order valence-electron chi connectivity index (χ1n) is 5.97. The Labute approximate surface area is 99.4 Å². The van der Waals surface area contributed by atoms with Gasteiger partial charge in [0.1, 0.15) is 0 Å². The predicted octanol–water partition coefficient (Wildman–Crippen LogP) is 5.22. The summed E-state index contributed by atoms with van der Waals surface area (Å²) in [6, 6.07) is 0. The summed E-state index contributed by atoms with van der Waals surface area (Å²) in [4.78, 5) is 0. The van der Waals surface area contributed by atoms with Crippen LogP contribution >= 0.6 is 23.2 Å². The van der Waals surface area contributed by atoms with E-state index in [2.05, 4.69) is 6.92 Å². The summed E-state index contributed by atoms with van der Waals surface area (Å²) in [5.41, 5.74) is 0. The molecule has 1 unspecified atom stereocenters. The van der Waals surface area contributed by atoms with E-state index in [-0.39, 0.29) is 0 Å². The molecular weight excluding hydrogens is 215 g/mol. The Balaban J connectivity index is 3.04. The number of alkyl halides is 2. The minimum atomic E-state index is 0.750. The summed E-state index contributed by atoms with van der Waals surface area (Å²) < 4.78 is 0. The molecule has 14 heavy (non-hydrogen) atoms. The molecule has 1 atom stereocenters. The molecule has 0 heterocycles. The van der Waals surface area contributed by atoms with Gasteiger partial charge in [0, 0.05) is 11.8 Å². The second-order valence-corrected chi connectivity index (χ2v) is 4.71. The van der Waals surface area contributed by atoms with Gasteiger partial charge in [-0.15, -0.1) is 23.2 Å². The average Bonchev–Trinajstić information content (AvgIpc) is 2.22. The Hall–Kier alpha value is 0.580. The van der Waals surface area contributed by atoms with Crippen LogP contribution in [0.2, 0.25) is 0 Å². The first kappa shape index (κ1) is 14.6. The number of rotatable bonds is 10. The smallest absolute Gasteiger partial charge is 0.0251 e. The minimum Gasteiger partial charge on any atom is -0.127 e. The van der Waals surface area contributed by atoms with E-state index in [4.69, 9.17) is 23.2 Å². The van der Waals surface area contributed by atoms with Crippen LogP contribution in [0, 0.1) is 5.92 Å². The topological polar surface area (TPSA) is 0 Å². The van der Waals surface area contributed by atoms with Gasteiger partial charge in [0.05, 0.1) is 0 Å². The lowest BCUT2D eigenvalue weighted by Crippen LogP contribution is -1.99. The summed E-state index contributed by atoms with van der Waals surface area (Å²) in [7, 11) is 0. The van der Waals surface area contributed by atoms with Gasteiger partial charge in [0.25, 0.3) is 0 Å². The summed E-state index contributed by atoms with van der Waals surface area (Å²) in [6.45, 7) is 2.23. The molecule has 0 radical (unpaired) electrons. The zero-order valence-electron chi connectivity index (χ0n) is 9.40. The van der Waals surface area contributed by atoms with Crippen molar-refractivity contribution in [3.8, 4) is 0 Å². The second-order valence-electron chi connectivity index (χ2n) is 4.03. The molecule has 0 aromatic rings. The van der Waals surface area contributed by atoms with Crippen LogP contribution in [0.25, 0.3) is 0 Å². The van der Waals surface area contributed by atoms with Crippen molar-refractivity contribution in [1.29, 1.82) is 0 Å². The van der Waals surface area contributed by atoms with Crippen molar-refractivity contribution in [2.24, 2.45) is 5.92 Å². The molecule has 0 aromatic carbocycles. The van der Waals surface area contributed by atoms with E-state index in [9.17, 15) is 0 Å². The van der Waals surface area contributed by atoms with E-state index in [1.165, 1.54) is 51.4 Å². The Bertz CT molecular complexity index is 100. The number of hydrogen-bond donors (Lipinski definition) is 0. The van der Waals surface area contributed by atoms with Gasteiger partial charge in [-0.2, -0.15) is 0 Å². The van der Waals surface area contributed by atoms with Gasteiger partial charge >= 0.3 is 0 Å². The maximum absolute atomic E-state index is 5.83. The Kier molecular flexibility index (Phi) is 12.1. The van der Waals surface area contributed by atoms with Gasteiger partial charge in [-0.25, -0.2) is 0 Å². The van der Waals surface area contributed by atoms with Crippen molar-refractivity contribution in [3.63, 3.8) is 0 Å². The highest BCUT2D eigenvalue weighted by Crippen LogP contribution is 2.16. The molecule has 0 aliphatic carbocycles. The normalized spacial score (nSPS) is 13.1. The summed E-state index contributed by atoms with van der Waals surface area (Å²) in [5.74, 6) is 2.41. The second kappa shape index (κ2) is 11.7.